The minimum atomic E-state index is -0.367. The number of ether oxygens (including phenoxy) is 2. The van der Waals surface area contributed by atoms with Crippen molar-refractivity contribution >= 4 is 12.0 Å². The second kappa shape index (κ2) is 21.6. The number of hydrogen-bond donors (Lipinski definition) is 0. The third-order valence-electron chi connectivity index (χ3n) is 8.54. The fraction of sp³-hybridized carbons (Fsp3) is 0.537. The van der Waals surface area contributed by atoms with Crippen LogP contribution >= 0.6 is 0 Å². The molecule has 2 aromatic rings. The maximum Gasteiger partial charge on any atom is 0.347 e. The Labute approximate surface area is 269 Å². The number of unbranched alkanes of at least 4 members (excludes halogenated alkanes) is 12. The summed E-state index contributed by atoms with van der Waals surface area (Å²) < 4.78 is 11.4. The summed E-state index contributed by atoms with van der Waals surface area (Å²) in [4.78, 5) is 13.3. The van der Waals surface area contributed by atoms with Gasteiger partial charge in [-0.25, -0.2) is 4.79 Å². The van der Waals surface area contributed by atoms with E-state index in [-0.39, 0.29) is 11.4 Å². The summed E-state index contributed by atoms with van der Waals surface area (Å²) >= 11 is 0. The molecule has 0 aromatic heterocycles. The molecule has 0 saturated heterocycles. The van der Waals surface area contributed by atoms with E-state index >= 15 is 0 Å². The van der Waals surface area contributed by atoms with Gasteiger partial charge in [0.15, 0.2) is 0 Å². The highest BCUT2D eigenvalue weighted by Gasteiger charge is 2.19. The molecule has 0 aliphatic rings. The van der Waals surface area contributed by atoms with Crippen LogP contribution in [0.1, 0.15) is 145 Å². The van der Waals surface area contributed by atoms with Gasteiger partial charge in [0, 0.05) is 5.41 Å². The summed E-state index contributed by atoms with van der Waals surface area (Å²) in [5, 5.41) is 0. The molecule has 0 aliphatic heterocycles. The highest BCUT2D eigenvalue weighted by atomic mass is 16.5. The first-order chi connectivity index (χ1) is 21.3. The van der Waals surface area contributed by atoms with Crippen LogP contribution in [0, 0.1) is 5.41 Å². The molecule has 0 unspecified atom stereocenters. The van der Waals surface area contributed by atoms with Gasteiger partial charge in [-0.1, -0.05) is 145 Å². The number of carbonyl (C=O) groups is 1. The molecule has 242 valence electrons. The van der Waals surface area contributed by atoms with Crippen LogP contribution in [-0.2, 0) is 6.42 Å². The van der Waals surface area contributed by atoms with Gasteiger partial charge in [-0.15, -0.1) is 6.58 Å². The highest BCUT2D eigenvalue weighted by molar-refractivity contribution is 5.95. The molecular formula is C41H60O3. The number of benzene rings is 2. The van der Waals surface area contributed by atoms with Crippen molar-refractivity contribution < 1.29 is 14.3 Å². The molecule has 0 spiro atoms. The van der Waals surface area contributed by atoms with Crippen LogP contribution in [0.15, 0.2) is 72.8 Å². The zero-order chi connectivity index (χ0) is 32.0. The normalized spacial score (nSPS) is 12.6. The van der Waals surface area contributed by atoms with Gasteiger partial charge in [0.2, 0.25) is 0 Å². The van der Waals surface area contributed by atoms with Crippen molar-refractivity contribution in [3.63, 3.8) is 0 Å². The number of esters is 1. The minimum absolute atomic E-state index is 0.0788. The number of allylic oxidation sites excluding steroid dienone is 4. The highest BCUT2D eigenvalue weighted by Crippen LogP contribution is 2.29. The van der Waals surface area contributed by atoms with E-state index < -0.39 is 0 Å². The molecule has 0 amide bonds. The number of hydrogen-bond acceptors (Lipinski definition) is 3. The van der Waals surface area contributed by atoms with Gasteiger partial charge >= 0.3 is 5.97 Å². The average Bonchev–Trinajstić information content (AvgIpc) is 3.02. The molecule has 3 nitrogen and oxygen atoms in total. The predicted molar refractivity (Wildman–Crippen MR) is 190 cm³/mol. The Morgan fingerprint density at radius 3 is 1.98 bits per heavy atom. The van der Waals surface area contributed by atoms with E-state index in [0.29, 0.717) is 17.1 Å². The third-order valence-corrected chi connectivity index (χ3v) is 8.54. The Bertz CT molecular complexity index is 1150. The predicted octanol–water partition coefficient (Wildman–Crippen LogP) is 12.5. The van der Waals surface area contributed by atoms with Gasteiger partial charge in [-0.3, -0.25) is 0 Å². The Hall–Kier alpha value is -3.07. The van der Waals surface area contributed by atoms with Gasteiger partial charge in [0.05, 0.1) is 7.11 Å². The van der Waals surface area contributed by atoms with Crippen LogP contribution in [0.5, 0.6) is 11.5 Å². The molecular weight excluding hydrogens is 540 g/mol. The molecule has 0 radical (unpaired) electrons. The van der Waals surface area contributed by atoms with Crippen molar-refractivity contribution in [2.24, 2.45) is 5.41 Å². The first kappa shape index (κ1) is 37.1. The number of carbonyl (C=O) groups excluding carboxylic acids is 1. The summed E-state index contributed by atoms with van der Waals surface area (Å²) in [6.07, 6.45) is 28.7. The molecule has 1 atom stereocenters. The van der Waals surface area contributed by atoms with Crippen LogP contribution in [0.25, 0.3) is 6.08 Å². The van der Waals surface area contributed by atoms with Crippen molar-refractivity contribution in [1.29, 1.82) is 0 Å². The van der Waals surface area contributed by atoms with Crippen molar-refractivity contribution in [3.8, 4) is 11.5 Å². The van der Waals surface area contributed by atoms with E-state index in [1.165, 1.54) is 82.6 Å². The molecule has 0 bridgehead atoms. The SMILES string of the molecule is C=C[C@@](C)(/C=C/c1ccc(OC(=O)c2c(CCCCCCCCCCCCCCC)cccc2OC)cc1)CCC=C(C)C. The smallest absolute Gasteiger partial charge is 0.347 e. The molecule has 0 fully saturated rings. The lowest BCUT2D eigenvalue weighted by atomic mass is 9.84. The van der Waals surface area contributed by atoms with Crippen molar-refractivity contribution in [2.75, 3.05) is 7.11 Å². The van der Waals surface area contributed by atoms with E-state index in [0.717, 1.165) is 36.8 Å². The zero-order valence-electron chi connectivity index (χ0n) is 28.6. The molecule has 0 N–H and O–H groups in total. The van der Waals surface area contributed by atoms with Crippen LogP contribution in [0.4, 0.5) is 0 Å². The Balaban J connectivity index is 1.85. The van der Waals surface area contributed by atoms with E-state index in [9.17, 15) is 4.79 Å². The van der Waals surface area contributed by atoms with E-state index in [1.54, 1.807) is 7.11 Å². The number of methoxy groups -OCH3 is 1. The lowest BCUT2D eigenvalue weighted by Crippen LogP contribution is -2.13. The van der Waals surface area contributed by atoms with Gasteiger partial charge in [0.1, 0.15) is 17.1 Å². The third kappa shape index (κ3) is 14.6. The summed E-state index contributed by atoms with van der Waals surface area (Å²) in [5.41, 5.74) is 3.85. The lowest BCUT2D eigenvalue weighted by Gasteiger charge is -2.20. The topological polar surface area (TPSA) is 35.5 Å². The second-order valence-corrected chi connectivity index (χ2v) is 12.8. The Morgan fingerprint density at radius 1 is 0.841 bits per heavy atom. The molecule has 44 heavy (non-hydrogen) atoms. The minimum Gasteiger partial charge on any atom is -0.496 e. The maximum atomic E-state index is 13.3. The van der Waals surface area contributed by atoms with Crippen LogP contribution < -0.4 is 9.47 Å². The fourth-order valence-corrected chi connectivity index (χ4v) is 5.54. The van der Waals surface area contributed by atoms with Gasteiger partial charge in [-0.05, 0) is 68.9 Å². The zero-order valence-corrected chi connectivity index (χ0v) is 28.6. The molecule has 2 aromatic carbocycles. The van der Waals surface area contributed by atoms with E-state index in [2.05, 4.69) is 52.5 Å². The van der Waals surface area contributed by atoms with Crippen molar-refractivity contribution in [3.05, 3.63) is 89.5 Å². The quantitative estimate of drug-likeness (QED) is 0.0551. The molecule has 2 rings (SSSR count). The van der Waals surface area contributed by atoms with Crippen LogP contribution in [0.2, 0.25) is 0 Å². The van der Waals surface area contributed by atoms with E-state index in [1.807, 2.05) is 48.5 Å². The largest absolute Gasteiger partial charge is 0.496 e. The van der Waals surface area contributed by atoms with Crippen molar-refractivity contribution in [2.45, 2.75) is 130 Å². The first-order valence-corrected chi connectivity index (χ1v) is 17.3. The van der Waals surface area contributed by atoms with E-state index in [4.69, 9.17) is 9.47 Å². The summed E-state index contributed by atoms with van der Waals surface area (Å²) in [7, 11) is 1.61. The van der Waals surface area contributed by atoms with Crippen LogP contribution in [-0.4, -0.2) is 13.1 Å². The lowest BCUT2D eigenvalue weighted by molar-refractivity contribution is 0.0730. The summed E-state index contributed by atoms with van der Waals surface area (Å²) in [6.45, 7) is 12.8. The molecule has 0 saturated carbocycles. The first-order valence-electron chi connectivity index (χ1n) is 17.3. The number of rotatable bonds is 23. The van der Waals surface area contributed by atoms with Crippen LogP contribution in [0.3, 0.4) is 0 Å². The fourth-order valence-electron chi connectivity index (χ4n) is 5.54. The summed E-state index contributed by atoms with van der Waals surface area (Å²) in [5.74, 6) is 0.729. The number of aryl methyl sites for hydroxylation is 1. The van der Waals surface area contributed by atoms with Crippen molar-refractivity contribution in [1.82, 2.24) is 0 Å². The second-order valence-electron chi connectivity index (χ2n) is 12.8. The average molecular weight is 601 g/mol. The molecule has 0 heterocycles. The van der Waals surface area contributed by atoms with Gasteiger partial charge in [0.25, 0.3) is 0 Å². The van der Waals surface area contributed by atoms with Gasteiger partial charge in [-0.2, -0.15) is 0 Å². The monoisotopic (exact) mass is 600 g/mol. The molecule has 3 heteroatoms. The Morgan fingerprint density at radius 2 is 1.43 bits per heavy atom. The Kier molecular flexibility index (Phi) is 18.2. The standard InChI is InChI=1S/C41H60O3/c1-7-9-10-11-12-13-14-15-16-17-18-19-20-24-36-25-21-26-38(43-6)39(36)40(42)44-37-29-27-35(28-30-37)31-33-41(5,8-2)32-22-23-34(3)4/h8,21,23,25-31,33H,2,7,9-20,22,24,32H2,1,3-6H3/b33-31+/t41-/m1/s1. The maximum absolute atomic E-state index is 13.3. The summed E-state index contributed by atoms with van der Waals surface area (Å²) in [6, 6.07) is 13.5. The van der Waals surface area contributed by atoms with Gasteiger partial charge < -0.3 is 9.47 Å². The molecule has 0 aliphatic carbocycles.